The van der Waals surface area contributed by atoms with Gasteiger partial charge in [0.05, 0.1) is 13.7 Å². The molecule has 134 valence electrons. The molecule has 7 heteroatoms. The minimum Gasteiger partial charge on any atom is -0.495 e. The molecule has 2 N–H and O–H groups in total. The Labute approximate surface area is 148 Å². The van der Waals surface area contributed by atoms with E-state index in [1.165, 1.54) is 13.2 Å². The number of hydrogen-bond acceptors (Lipinski definition) is 4. The molecule has 1 amide bonds. The molecule has 0 heterocycles. The van der Waals surface area contributed by atoms with Crippen molar-refractivity contribution in [2.75, 3.05) is 19.0 Å². The van der Waals surface area contributed by atoms with E-state index in [0.717, 1.165) is 17.5 Å². The van der Waals surface area contributed by atoms with Crippen LogP contribution in [-0.4, -0.2) is 28.0 Å². The Kier molecular flexibility index (Phi) is 6.17. The fourth-order valence-electron chi connectivity index (χ4n) is 2.26. The lowest BCUT2D eigenvalue weighted by Crippen LogP contribution is -2.33. The number of hydrogen-bond donors (Lipinski definition) is 2. The molecule has 6 nitrogen and oxygen atoms in total. The molecule has 0 aliphatic carbocycles. The first-order valence-corrected chi connectivity index (χ1v) is 9.37. The third kappa shape index (κ3) is 5.04. The van der Waals surface area contributed by atoms with E-state index in [1.54, 1.807) is 31.2 Å². The number of rotatable bonds is 7. The molecule has 0 radical (unpaired) electrons. The lowest BCUT2D eigenvalue weighted by atomic mass is 10.1. The normalized spacial score (nSPS) is 11.2. The molecule has 0 bridgehead atoms. The number of carbonyl (C=O) groups excluding carboxylic acids is 1. The van der Waals surface area contributed by atoms with E-state index in [9.17, 15) is 13.2 Å². The second-order valence-corrected chi connectivity index (χ2v) is 7.31. The van der Waals surface area contributed by atoms with Gasteiger partial charge in [0.15, 0.2) is 0 Å². The molecule has 0 spiro atoms. The topological polar surface area (TPSA) is 84.5 Å². The van der Waals surface area contributed by atoms with E-state index in [1.807, 2.05) is 19.1 Å². The quantitative estimate of drug-likeness (QED) is 0.792. The van der Waals surface area contributed by atoms with Crippen LogP contribution in [0, 0.1) is 6.92 Å². The second kappa shape index (κ2) is 8.13. The van der Waals surface area contributed by atoms with Crippen molar-refractivity contribution < 1.29 is 17.9 Å². The summed E-state index contributed by atoms with van der Waals surface area (Å²) in [6.45, 7) is 3.46. The summed E-state index contributed by atoms with van der Waals surface area (Å²) in [5.41, 5.74) is 2.56. The average molecular weight is 362 g/mol. The van der Waals surface area contributed by atoms with Crippen molar-refractivity contribution in [3.05, 3.63) is 53.6 Å². The summed E-state index contributed by atoms with van der Waals surface area (Å²) in [5, 5.41) is 2.66. The van der Waals surface area contributed by atoms with Crippen LogP contribution in [-0.2, 0) is 21.2 Å². The fraction of sp³-hybridized carbons (Fsp3) is 0.278. The van der Waals surface area contributed by atoms with Crippen molar-refractivity contribution >= 4 is 21.6 Å². The van der Waals surface area contributed by atoms with Crippen LogP contribution in [0.3, 0.4) is 0 Å². The van der Waals surface area contributed by atoms with Crippen LogP contribution in [0.15, 0.2) is 47.4 Å². The van der Waals surface area contributed by atoms with Crippen LogP contribution in [0.2, 0.25) is 0 Å². The molecule has 2 rings (SSSR count). The molecular weight excluding hydrogens is 340 g/mol. The average Bonchev–Trinajstić information content (AvgIpc) is 2.61. The first kappa shape index (κ1) is 19.0. The second-order valence-electron chi connectivity index (χ2n) is 5.58. The lowest BCUT2D eigenvalue weighted by molar-refractivity contribution is -0.115. The van der Waals surface area contributed by atoms with Gasteiger partial charge in [0.25, 0.3) is 0 Å². The van der Waals surface area contributed by atoms with E-state index in [-0.39, 0.29) is 17.2 Å². The molecule has 0 aliphatic rings. The van der Waals surface area contributed by atoms with Gasteiger partial charge in [0, 0.05) is 5.69 Å². The molecule has 0 fully saturated rings. The predicted octanol–water partition coefficient (Wildman–Crippen LogP) is 2.48. The van der Waals surface area contributed by atoms with Crippen molar-refractivity contribution in [1.82, 2.24) is 4.72 Å². The zero-order valence-corrected chi connectivity index (χ0v) is 15.3. The van der Waals surface area contributed by atoms with Gasteiger partial charge in [-0.05, 0) is 48.7 Å². The highest BCUT2D eigenvalue weighted by Crippen LogP contribution is 2.24. The number of ether oxygens (including phenoxy) is 1. The molecule has 2 aromatic rings. The minimum absolute atomic E-state index is 0.00935. The van der Waals surface area contributed by atoms with Gasteiger partial charge in [-0.3, -0.25) is 4.79 Å². The van der Waals surface area contributed by atoms with Crippen molar-refractivity contribution in [1.29, 1.82) is 0 Å². The summed E-state index contributed by atoms with van der Waals surface area (Å²) >= 11 is 0. The summed E-state index contributed by atoms with van der Waals surface area (Å²) in [4.78, 5) is 12.0. The Bertz CT molecular complexity index is 846. The predicted molar refractivity (Wildman–Crippen MR) is 97.4 cm³/mol. The SMILES string of the molecule is CCc1ccc(NC(=O)CNS(=O)(=O)c2cc(C)ccc2OC)cc1. The van der Waals surface area contributed by atoms with Gasteiger partial charge in [-0.1, -0.05) is 25.1 Å². The third-order valence-electron chi connectivity index (χ3n) is 3.68. The molecule has 2 aromatic carbocycles. The zero-order valence-electron chi connectivity index (χ0n) is 14.5. The zero-order chi connectivity index (χ0) is 18.4. The summed E-state index contributed by atoms with van der Waals surface area (Å²) in [6.07, 6.45) is 0.909. The summed E-state index contributed by atoms with van der Waals surface area (Å²) < 4.78 is 32.3. The van der Waals surface area contributed by atoms with E-state index in [4.69, 9.17) is 4.74 Å². The highest BCUT2D eigenvalue weighted by Gasteiger charge is 2.20. The van der Waals surface area contributed by atoms with Gasteiger partial charge in [0.2, 0.25) is 15.9 Å². The van der Waals surface area contributed by atoms with Gasteiger partial charge in [-0.2, -0.15) is 0 Å². The van der Waals surface area contributed by atoms with Crippen LogP contribution in [0.25, 0.3) is 0 Å². The van der Waals surface area contributed by atoms with Crippen molar-refractivity contribution in [3.63, 3.8) is 0 Å². The number of carbonyl (C=O) groups is 1. The molecule has 0 aromatic heterocycles. The minimum atomic E-state index is -3.86. The summed E-state index contributed by atoms with van der Waals surface area (Å²) in [5.74, 6) is -0.215. The van der Waals surface area contributed by atoms with Gasteiger partial charge >= 0.3 is 0 Å². The van der Waals surface area contributed by atoms with Crippen molar-refractivity contribution in [2.24, 2.45) is 0 Å². The Morgan fingerprint density at radius 1 is 1.12 bits per heavy atom. The third-order valence-corrected chi connectivity index (χ3v) is 5.10. The maximum Gasteiger partial charge on any atom is 0.244 e. The maximum atomic E-state index is 12.4. The summed E-state index contributed by atoms with van der Waals surface area (Å²) in [7, 11) is -2.46. The van der Waals surface area contributed by atoms with E-state index in [2.05, 4.69) is 10.0 Å². The fourth-order valence-corrected chi connectivity index (χ4v) is 3.50. The van der Waals surface area contributed by atoms with Gasteiger partial charge in [0.1, 0.15) is 10.6 Å². The number of methoxy groups -OCH3 is 1. The van der Waals surface area contributed by atoms with Gasteiger partial charge in [-0.25, -0.2) is 13.1 Å². The largest absolute Gasteiger partial charge is 0.495 e. The lowest BCUT2D eigenvalue weighted by Gasteiger charge is -2.12. The van der Waals surface area contributed by atoms with Crippen molar-refractivity contribution in [3.8, 4) is 5.75 Å². The number of nitrogens with one attached hydrogen (secondary N) is 2. The van der Waals surface area contributed by atoms with Crippen LogP contribution >= 0.6 is 0 Å². The molecule has 25 heavy (non-hydrogen) atoms. The number of anilines is 1. The first-order chi connectivity index (χ1) is 11.9. The molecule has 0 saturated carbocycles. The number of amides is 1. The van der Waals surface area contributed by atoms with E-state index in [0.29, 0.717) is 5.69 Å². The molecule has 0 atom stereocenters. The highest BCUT2D eigenvalue weighted by molar-refractivity contribution is 7.89. The van der Waals surface area contributed by atoms with Gasteiger partial charge in [-0.15, -0.1) is 0 Å². The maximum absolute atomic E-state index is 12.4. The Hall–Kier alpha value is -2.38. The first-order valence-electron chi connectivity index (χ1n) is 7.89. The summed E-state index contributed by atoms with van der Waals surface area (Å²) in [6, 6.07) is 12.2. The number of sulfonamides is 1. The van der Waals surface area contributed by atoms with Crippen molar-refractivity contribution in [2.45, 2.75) is 25.2 Å². The smallest absolute Gasteiger partial charge is 0.244 e. The van der Waals surface area contributed by atoms with E-state index < -0.39 is 15.9 Å². The standard InChI is InChI=1S/C18H22N2O4S/c1-4-14-6-8-15(9-7-14)20-18(21)12-19-25(22,23)17-11-13(2)5-10-16(17)24-3/h5-11,19H,4,12H2,1-3H3,(H,20,21). The molecule has 0 aliphatic heterocycles. The Morgan fingerprint density at radius 2 is 1.80 bits per heavy atom. The molecular formula is C18H22N2O4S. The van der Waals surface area contributed by atoms with Crippen LogP contribution in [0.5, 0.6) is 5.75 Å². The highest BCUT2D eigenvalue weighted by atomic mass is 32.2. The molecule has 0 unspecified atom stereocenters. The number of aryl methyl sites for hydroxylation is 2. The van der Waals surface area contributed by atoms with E-state index >= 15 is 0 Å². The van der Waals surface area contributed by atoms with Crippen LogP contribution in [0.1, 0.15) is 18.1 Å². The van der Waals surface area contributed by atoms with Crippen LogP contribution in [0.4, 0.5) is 5.69 Å². The van der Waals surface area contributed by atoms with Gasteiger partial charge < -0.3 is 10.1 Å². The number of benzene rings is 2. The Morgan fingerprint density at radius 3 is 2.40 bits per heavy atom. The van der Waals surface area contributed by atoms with Crippen LogP contribution < -0.4 is 14.8 Å². The monoisotopic (exact) mass is 362 g/mol. The molecule has 0 saturated heterocycles. The Balaban J connectivity index is 2.03.